The number of rotatable bonds is 5. The summed E-state index contributed by atoms with van der Waals surface area (Å²) in [5.41, 5.74) is 5.25. The largest absolute Gasteiger partial charge is 0.469 e. The van der Waals surface area contributed by atoms with Gasteiger partial charge in [-0.05, 0) is 30.4 Å². The molecule has 0 heterocycles. The number of carbonyl (C=O) groups is 1. The standard InChI is InChI=1S/C13H15F2NO2S/c1-18-11(17)6-13(2-3-13)7-19-12-9(14)4-8(16)5-10(12)15/h4-5H,2-3,6-7,16H2,1H3. The van der Waals surface area contributed by atoms with Crippen LogP contribution in [0.25, 0.3) is 0 Å². The van der Waals surface area contributed by atoms with Crippen molar-refractivity contribution in [2.24, 2.45) is 5.41 Å². The molecule has 0 saturated heterocycles. The summed E-state index contributed by atoms with van der Waals surface area (Å²) in [6.45, 7) is 0. The fourth-order valence-corrected chi connectivity index (χ4v) is 3.10. The Balaban J connectivity index is 2.01. The molecule has 3 nitrogen and oxygen atoms in total. The number of thioether (sulfide) groups is 1. The molecule has 0 aliphatic heterocycles. The molecule has 19 heavy (non-hydrogen) atoms. The fraction of sp³-hybridized carbons (Fsp3) is 0.462. The van der Waals surface area contributed by atoms with E-state index >= 15 is 0 Å². The second-order valence-corrected chi connectivity index (χ2v) is 5.84. The van der Waals surface area contributed by atoms with E-state index in [0.29, 0.717) is 12.2 Å². The lowest BCUT2D eigenvalue weighted by Gasteiger charge is -2.13. The van der Waals surface area contributed by atoms with Crippen molar-refractivity contribution in [1.29, 1.82) is 0 Å². The maximum Gasteiger partial charge on any atom is 0.306 e. The number of carbonyl (C=O) groups excluding carboxylic acids is 1. The van der Waals surface area contributed by atoms with Gasteiger partial charge in [0, 0.05) is 11.4 Å². The summed E-state index contributed by atoms with van der Waals surface area (Å²) in [5.74, 6) is -1.09. The van der Waals surface area contributed by atoms with Gasteiger partial charge in [0.25, 0.3) is 0 Å². The molecule has 0 atom stereocenters. The summed E-state index contributed by atoms with van der Waals surface area (Å²) in [6.07, 6.45) is 2.06. The van der Waals surface area contributed by atoms with E-state index in [1.54, 1.807) is 0 Å². The maximum absolute atomic E-state index is 13.6. The average molecular weight is 287 g/mol. The van der Waals surface area contributed by atoms with Gasteiger partial charge in [0.05, 0.1) is 18.4 Å². The van der Waals surface area contributed by atoms with Gasteiger partial charge in [-0.15, -0.1) is 11.8 Å². The second-order valence-electron chi connectivity index (χ2n) is 4.86. The molecule has 1 aliphatic carbocycles. The van der Waals surface area contributed by atoms with Gasteiger partial charge < -0.3 is 10.5 Å². The minimum Gasteiger partial charge on any atom is -0.469 e. The highest BCUT2D eigenvalue weighted by molar-refractivity contribution is 7.99. The molecule has 1 aromatic carbocycles. The van der Waals surface area contributed by atoms with E-state index in [9.17, 15) is 13.6 Å². The number of ether oxygens (including phenoxy) is 1. The van der Waals surface area contributed by atoms with Crippen molar-refractivity contribution in [3.8, 4) is 0 Å². The number of hydrogen-bond acceptors (Lipinski definition) is 4. The molecule has 2 N–H and O–H groups in total. The van der Waals surface area contributed by atoms with Crippen LogP contribution in [-0.2, 0) is 9.53 Å². The highest BCUT2D eigenvalue weighted by Gasteiger charge is 2.44. The van der Waals surface area contributed by atoms with E-state index in [0.717, 1.165) is 36.7 Å². The third-order valence-electron chi connectivity index (χ3n) is 3.25. The van der Waals surface area contributed by atoms with Gasteiger partial charge in [-0.1, -0.05) is 0 Å². The molecule has 0 bridgehead atoms. The molecule has 1 aliphatic rings. The molecule has 104 valence electrons. The van der Waals surface area contributed by atoms with Crippen LogP contribution in [0.3, 0.4) is 0 Å². The Hall–Kier alpha value is -1.30. The zero-order chi connectivity index (χ0) is 14.0. The van der Waals surface area contributed by atoms with Crippen molar-refractivity contribution in [2.75, 3.05) is 18.6 Å². The van der Waals surface area contributed by atoms with Crippen molar-refractivity contribution in [1.82, 2.24) is 0 Å². The quantitative estimate of drug-likeness (QED) is 0.514. The normalized spacial score (nSPS) is 16.2. The minimum atomic E-state index is -0.656. The van der Waals surface area contributed by atoms with Gasteiger partial charge in [-0.3, -0.25) is 4.79 Å². The van der Waals surface area contributed by atoms with Crippen molar-refractivity contribution >= 4 is 23.4 Å². The molecule has 0 spiro atoms. The van der Waals surface area contributed by atoms with Gasteiger partial charge in [0.2, 0.25) is 0 Å². The first-order valence-corrected chi connectivity index (χ1v) is 6.88. The number of esters is 1. The van der Waals surface area contributed by atoms with Crippen LogP contribution in [0, 0.1) is 17.0 Å². The number of nitrogen functional groups attached to an aromatic ring is 1. The van der Waals surface area contributed by atoms with Gasteiger partial charge >= 0.3 is 5.97 Å². The Labute approximate surface area is 114 Å². The number of nitrogens with two attached hydrogens (primary N) is 1. The summed E-state index contributed by atoms with van der Waals surface area (Å²) >= 11 is 1.09. The average Bonchev–Trinajstić information content (AvgIpc) is 3.07. The maximum atomic E-state index is 13.6. The zero-order valence-electron chi connectivity index (χ0n) is 10.5. The lowest BCUT2D eigenvalue weighted by atomic mass is 10.1. The number of hydrogen-bond donors (Lipinski definition) is 1. The number of halogens is 2. The van der Waals surface area contributed by atoms with Crippen LogP contribution in [0.4, 0.5) is 14.5 Å². The van der Waals surface area contributed by atoms with Gasteiger partial charge in [-0.2, -0.15) is 0 Å². The summed E-state index contributed by atoms with van der Waals surface area (Å²) in [6, 6.07) is 2.20. The van der Waals surface area contributed by atoms with Crippen LogP contribution in [0.2, 0.25) is 0 Å². The van der Waals surface area contributed by atoms with E-state index in [-0.39, 0.29) is 22.0 Å². The number of methoxy groups -OCH3 is 1. The highest BCUT2D eigenvalue weighted by atomic mass is 32.2. The van der Waals surface area contributed by atoms with Crippen molar-refractivity contribution < 1.29 is 18.3 Å². The first kappa shape index (κ1) is 14.1. The van der Waals surface area contributed by atoms with Crippen molar-refractivity contribution in [3.63, 3.8) is 0 Å². The minimum absolute atomic E-state index is 0.0367. The molecule has 2 rings (SSSR count). The Bertz CT molecular complexity index is 480. The van der Waals surface area contributed by atoms with E-state index in [2.05, 4.69) is 4.74 Å². The van der Waals surface area contributed by atoms with Crippen molar-refractivity contribution in [2.45, 2.75) is 24.2 Å². The number of benzene rings is 1. The van der Waals surface area contributed by atoms with E-state index in [1.165, 1.54) is 7.11 Å². The predicted molar refractivity (Wildman–Crippen MR) is 69.8 cm³/mol. The second kappa shape index (κ2) is 5.36. The summed E-state index contributed by atoms with van der Waals surface area (Å²) in [7, 11) is 1.34. The Morgan fingerprint density at radius 2 is 2.00 bits per heavy atom. The SMILES string of the molecule is COC(=O)CC1(CSc2c(F)cc(N)cc2F)CC1. The van der Waals surface area contributed by atoms with E-state index in [1.807, 2.05) is 0 Å². The molecule has 0 amide bonds. The van der Waals surface area contributed by atoms with Crippen molar-refractivity contribution in [3.05, 3.63) is 23.8 Å². The molecule has 0 unspecified atom stereocenters. The van der Waals surface area contributed by atoms with Crippen LogP contribution in [0.1, 0.15) is 19.3 Å². The summed E-state index contributed by atoms with van der Waals surface area (Å²) in [4.78, 5) is 11.2. The van der Waals surface area contributed by atoms with Crippen LogP contribution < -0.4 is 5.73 Å². The fourth-order valence-electron chi connectivity index (χ4n) is 1.87. The molecule has 1 fully saturated rings. The highest BCUT2D eigenvalue weighted by Crippen LogP contribution is 2.52. The third kappa shape index (κ3) is 3.37. The van der Waals surface area contributed by atoms with Crippen LogP contribution in [0.5, 0.6) is 0 Å². The molecule has 0 aromatic heterocycles. The third-order valence-corrected chi connectivity index (χ3v) is 4.68. The predicted octanol–water partition coefficient (Wildman–Crippen LogP) is 2.98. The topological polar surface area (TPSA) is 52.3 Å². The summed E-state index contributed by atoms with van der Waals surface area (Å²) < 4.78 is 31.8. The first-order chi connectivity index (χ1) is 8.96. The molecule has 1 aromatic rings. The molecular weight excluding hydrogens is 272 g/mol. The molecular formula is C13H15F2NO2S. The van der Waals surface area contributed by atoms with Gasteiger partial charge in [0.15, 0.2) is 0 Å². The lowest BCUT2D eigenvalue weighted by molar-refractivity contribution is -0.141. The zero-order valence-corrected chi connectivity index (χ0v) is 11.4. The molecule has 0 radical (unpaired) electrons. The van der Waals surface area contributed by atoms with E-state index < -0.39 is 11.6 Å². The Kier molecular flexibility index (Phi) is 3.99. The first-order valence-electron chi connectivity index (χ1n) is 5.90. The molecule has 1 saturated carbocycles. The Morgan fingerprint density at radius 1 is 1.42 bits per heavy atom. The van der Waals surface area contributed by atoms with Crippen LogP contribution in [-0.4, -0.2) is 18.8 Å². The van der Waals surface area contributed by atoms with Crippen LogP contribution >= 0.6 is 11.8 Å². The monoisotopic (exact) mass is 287 g/mol. The van der Waals surface area contributed by atoms with E-state index in [4.69, 9.17) is 5.73 Å². The summed E-state index contributed by atoms with van der Waals surface area (Å²) in [5, 5.41) is 0. The Morgan fingerprint density at radius 3 is 2.47 bits per heavy atom. The number of anilines is 1. The van der Waals surface area contributed by atoms with Gasteiger partial charge in [-0.25, -0.2) is 8.78 Å². The molecule has 6 heteroatoms. The van der Waals surface area contributed by atoms with Crippen LogP contribution in [0.15, 0.2) is 17.0 Å². The van der Waals surface area contributed by atoms with Gasteiger partial charge in [0.1, 0.15) is 11.6 Å². The smallest absolute Gasteiger partial charge is 0.306 e. The lowest BCUT2D eigenvalue weighted by Crippen LogP contribution is -2.13.